The van der Waals surface area contributed by atoms with E-state index in [4.69, 9.17) is 0 Å². The average molecular weight is 231 g/mol. The van der Waals surface area contributed by atoms with Gasteiger partial charge in [0.25, 0.3) is 0 Å². The topological polar surface area (TPSA) is 20.3 Å². The third-order valence-electron chi connectivity index (χ3n) is 2.20. The lowest BCUT2D eigenvalue weighted by atomic mass is 10.0. The smallest absolute Gasteiger partial charge is 0.378 e. The number of anilines is 1. The van der Waals surface area contributed by atoms with Crippen LogP contribution in [0.3, 0.4) is 0 Å². The highest BCUT2D eigenvalue weighted by atomic mass is 19.4. The molecule has 0 bridgehead atoms. The van der Waals surface area contributed by atoms with Crippen molar-refractivity contribution >= 4 is 11.5 Å². The summed E-state index contributed by atoms with van der Waals surface area (Å²) in [6, 6.07) is 3.68. The maximum Gasteiger partial charge on any atom is 0.417 e. The van der Waals surface area contributed by atoms with Crippen LogP contribution in [0.15, 0.2) is 18.2 Å². The second-order valence-electron chi connectivity index (χ2n) is 3.68. The van der Waals surface area contributed by atoms with Crippen molar-refractivity contribution in [1.29, 1.82) is 0 Å². The lowest BCUT2D eigenvalue weighted by molar-refractivity contribution is -0.137. The quantitative estimate of drug-likeness (QED) is 0.729. The Hall–Kier alpha value is -1.52. The molecular weight excluding hydrogens is 219 g/mol. The van der Waals surface area contributed by atoms with Crippen molar-refractivity contribution in [3.05, 3.63) is 29.3 Å². The van der Waals surface area contributed by atoms with Crippen molar-refractivity contribution in [3.63, 3.8) is 0 Å². The number of benzene rings is 1. The van der Waals surface area contributed by atoms with Crippen LogP contribution in [-0.2, 0) is 6.18 Å². The summed E-state index contributed by atoms with van der Waals surface area (Å²) >= 11 is 0. The second kappa shape index (κ2) is 4.15. The summed E-state index contributed by atoms with van der Waals surface area (Å²) in [7, 11) is 3.28. The minimum atomic E-state index is -4.51. The Bertz CT molecular complexity index is 410. The summed E-state index contributed by atoms with van der Waals surface area (Å²) in [5, 5.41) is 0. The van der Waals surface area contributed by atoms with Crippen LogP contribution >= 0.6 is 0 Å². The van der Waals surface area contributed by atoms with Gasteiger partial charge in [0.05, 0.1) is 5.56 Å². The molecule has 5 heteroatoms. The van der Waals surface area contributed by atoms with E-state index in [0.29, 0.717) is 5.69 Å². The molecule has 1 aromatic rings. The van der Waals surface area contributed by atoms with Crippen molar-refractivity contribution in [3.8, 4) is 0 Å². The summed E-state index contributed by atoms with van der Waals surface area (Å²) in [5.74, 6) is -0.586. The van der Waals surface area contributed by atoms with Crippen LogP contribution in [-0.4, -0.2) is 19.9 Å². The Labute approximate surface area is 91.7 Å². The molecule has 0 aliphatic heterocycles. The first-order valence-electron chi connectivity index (χ1n) is 4.63. The number of carbonyl (C=O) groups is 1. The predicted octanol–water partition coefficient (Wildman–Crippen LogP) is 2.97. The number of carbonyl (C=O) groups excluding carboxylic acids is 1. The first-order chi connectivity index (χ1) is 7.23. The van der Waals surface area contributed by atoms with Crippen LogP contribution in [0.1, 0.15) is 22.8 Å². The molecule has 2 nitrogen and oxygen atoms in total. The van der Waals surface area contributed by atoms with Crippen LogP contribution in [0.2, 0.25) is 0 Å². The molecule has 0 spiro atoms. The van der Waals surface area contributed by atoms with Crippen LogP contribution < -0.4 is 4.90 Å². The van der Waals surface area contributed by atoms with Gasteiger partial charge in [-0.05, 0) is 25.1 Å². The van der Waals surface area contributed by atoms with E-state index in [1.807, 2.05) is 0 Å². The molecule has 0 saturated heterocycles. The van der Waals surface area contributed by atoms with E-state index in [0.717, 1.165) is 13.0 Å². The van der Waals surface area contributed by atoms with E-state index in [9.17, 15) is 18.0 Å². The maximum absolute atomic E-state index is 12.7. The molecule has 0 heterocycles. The highest BCUT2D eigenvalue weighted by molar-refractivity contribution is 5.96. The third-order valence-corrected chi connectivity index (χ3v) is 2.20. The number of Topliss-reactive ketones (excluding diaryl/α,β-unsaturated/α-hetero) is 1. The zero-order valence-electron chi connectivity index (χ0n) is 9.22. The van der Waals surface area contributed by atoms with Gasteiger partial charge in [-0.25, -0.2) is 0 Å². The Kier molecular flexibility index (Phi) is 3.26. The SMILES string of the molecule is CC(=O)c1ccc(N(C)C)cc1C(F)(F)F. The van der Waals surface area contributed by atoms with Crippen LogP contribution in [0.5, 0.6) is 0 Å². The van der Waals surface area contributed by atoms with Crippen molar-refractivity contribution < 1.29 is 18.0 Å². The number of halogens is 3. The fraction of sp³-hybridized carbons (Fsp3) is 0.364. The Balaban J connectivity index is 3.39. The second-order valence-corrected chi connectivity index (χ2v) is 3.68. The molecule has 0 saturated carbocycles. The van der Waals surface area contributed by atoms with Crippen LogP contribution in [0.4, 0.5) is 18.9 Å². The van der Waals surface area contributed by atoms with Gasteiger partial charge in [-0.3, -0.25) is 4.79 Å². The average Bonchev–Trinajstić information content (AvgIpc) is 2.15. The van der Waals surface area contributed by atoms with E-state index in [-0.39, 0.29) is 5.56 Å². The van der Waals surface area contributed by atoms with Gasteiger partial charge in [-0.2, -0.15) is 13.2 Å². The van der Waals surface area contributed by atoms with Crippen LogP contribution in [0, 0.1) is 0 Å². The molecule has 0 fully saturated rings. The molecule has 0 N–H and O–H groups in total. The molecular formula is C11H12F3NO. The highest BCUT2D eigenvalue weighted by Crippen LogP contribution is 2.34. The zero-order valence-corrected chi connectivity index (χ0v) is 9.22. The van der Waals surface area contributed by atoms with Gasteiger partial charge < -0.3 is 4.90 Å². The summed E-state index contributed by atoms with van der Waals surface area (Å²) in [5.41, 5.74) is -0.762. The largest absolute Gasteiger partial charge is 0.417 e. The van der Waals surface area contributed by atoms with Gasteiger partial charge in [0.2, 0.25) is 0 Å². The summed E-state index contributed by atoms with van der Waals surface area (Å²) in [4.78, 5) is 12.6. The van der Waals surface area contributed by atoms with E-state index in [1.165, 1.54) is 12.1 Å². The zero-order chi connectivity index (χ0) is 12.5. The number of rotatable bonds is 2. The molecule has 0 radical (unpaired) electrons. The predicted molar refractivity (Wildman–Crippen MR) is 55.8 cm³/mol. The molecule has 1 rings (SSSR count). The lowest BCUT2D eigenvalue weighted by Gasteiger charge is -2.17. The van der Waals surface area contributed by atoms with Gasteiger partial charge in [0.15, 0.2) is 5.78 Å². The molecule has 16 heavy (non-hydrogen) atoms. The highest BCUT2D eigenvalue weighted by Gasteiger charge is 2.34. The van der Waals surface area contributed by atoms with Gasteiger partial charge in [-0.15, -0.1) is 0 Å². The van der Waals surface area contributed by atoms with Crippen molar-refractivity contribution in [1.82, 2.24) is 0 Å². The molecule has 0 aromatic heterocycles. The molecule has 0 unspecified atom stereocenters. The standard InChI is InChI=1S/C11H12F3NO/c1-7(16)9-5-4-8(15(2)3)6-10(9)11(12,13)14/h4-6H,1-3H3. The van der Waals surface area contributed by atoms with Crippen molar-refractivity contribution in [2.45, 2.75) is 13.1 Å². The Morgan fingerprint density at radius 1 is 1.25 bits per heavy atom. The van der Waals surface area contributed by atoms with E-state index >= 15 is 0 Å². The first-order valence-corrected chi connectivity index (χ1v) is 4.63. The summed E-state index contributed by atoms with van der Waals surface area (Å²) in [6.07, 6.45) is -4.51. The third kappa shape index (κ3) is 2.53. The lowest BCUT2D eigenvalue weighted by Crippen LogP contribution is -2.15. The molecule has 0 aliphatic rings. The van der Waals surface area contributed by atoms with Gasteiger partial charge >= 0.3 is 6.18 Å². The van der Waals surface area contributed by atoms with Gasteiger partial charge in [0, 0.05) is 25.3 Å². The maximum atomic E-state index is 12.7. The first kappa shape index (κ1) is 12.5. The normalized spacial score (nSPS) is 11.4. The summed E-state index contributed by atoms with van der Waals surface area (Å²) in [6.45, 7) is 1.12. The van der Waals surface area contributed by atoms with Crippen molar-refractivity contribution in [2.75, 3.05) is 19.0 Å². The fourth-order valence-electron chi connectivity index (χ4n) is 1.35. The monoisotopic (exact) mass is 231 g/mol. The van der Waals surface area contributed by atoms with E-state index in [1.54, 1.807) is 19.0 Å². The fourth-order valence-corrected chi connectivity index (χ4v) is 1.35. The van der Waals surface area contributed by atoms with Crippen molar-refractivity contribution in [2.24, 2.45) is 0 Å². The van der Waals surface area contributed by atoms with E-state index in [2.05, 4.69) is 0 Å². The number of hydrogen-bond donors (Lipinski definition) is 0. The van der Waals surface area contributed by atoms with Gasteiger partial charge in [-0.1, -0.05) is 0 Å². The van der Waals surface area contributed by atoms with E-state index < -0.39 is 17.5 Å². The summed E-state index contributed by atoms with van der Waals surface area (Å²) < 4.78 is 38.0. The van der Waals surface area contributed by atoms with Gasteiger partial charge in [0.1, 0.15) is 0 Å². The Morgan fingerprint density at radius 2 is 1.81 bits per heavy atom. The number of hydrogen-bond acceptors (Lipinski definition) is 2. The number of nitrogens with zero attached hydrogens (tertiary/aromatic N) is 1. The van der Waals surface area contributed by atoms with Crippen LogP contribution in [0.25, 0.3) is 0 Å². The molecule has 0 amide bonds. The molecule has 1 aromatic carbocycles. The molecule has 88 valence electrons. The molecule has 0 atom stereocenters. The number of ketones is 1. The Morgan fingerprint density at radius 3 is 2.19 bits per heavy atom. The number of alkyl halides is 3. The minimum Gasteiger partial charge on any atom is -0.378 e. The molecule has 0 aliphatic carbocycles. The minimum absolute atomic E-state index is 0.293.